The number of nitrogens with zero attached hydrogens (tertiary/aromatic N) is 4. The van der Waals surface area contributed by atoms with Gasteiger partial charge in [0.1, 0.15) is 30.4 Å². The fourth-order valence-corrected chi connectivity index (χ4v) is 3.07. The van der Waals surface area contributed by atoms with Crippen molar-refractivity contribution in [3.8, 4) is 22.6 Å². The van der Waals surface area contributed by atoms with Crippen molar-refractivity contribution in [1.82, 2.24) is 30.2 Å². The Morgan fingerprint density at radius 3 is 2.72 bits per heavy atom. The predicted molar refractivity (Wildman–Crippen MR) is 113 cm³/mol. The van der Waals surface area contributed by atoms with E-state index >= 15 is 0 Å². The Labute approximate surface area is 180 Å². The first-order chi connectivity index (χ1) is 15.3. The summed E-state index contributed by atoms with van der Waals surface area (Å²) in [5.74, 6) is -0.170. The van der Waals surface area contributed by atoms with Crippen LogP contribution in [0, 0.1) is 0 Å². The molecule has 1 amide bonds. The third kappa shape index (κ3) is 4.82. The molecule has 0 fully saturated rings. The number of halogens is 3. The normalized spacial score (nSPS) is 12.5. The Bertz CT molecular complexity index is 1240. The van der Waals surface area contributed by atoms with Crippen LogP contribution in [0.15, 0.2) is 55.1 Å². The number of hydrogen-bond acceptors (Lipinski definition) is 6. The van der Waals surface area contributed by atoms with E-state index in [0.717, 1.165) is 5.56 Å². The van der Waals surface area contributed by atoms with Gasteiger partial charge in [0.25, 0.3) is 0 Å². The van der Waals surface area contributed by atoms with Gasteiger partial charge in [0, 0.05) is 35.0 Å². The zero-order valence-electron chi connectivity index (χ0n) is 16.8. The molecule has 0 saturated heterocycles. The summed E-state index contributed by atoms with van der Waals surface area (Å²) in [7, 11) is 0. The lowest BCUT2D eigenvalue weighted by atomic mass is 10.1. The maximum Gasteiger partial charge on any atom is 0.405 e. The number of aromatic nitrogens is 5. The maximum absolute atomic E-state index is 12.4. The van der Waals surface area contributed by atoms with Crippen molar-refractivity contribution in [2.75, 3.05) is 11.9 Å². The highest BCUT2D eigenvalue weighted by molar-refractivity contribution is 5.91. The molecule has 3 aromatic heterocycles. The van der Waals surface area contributed by atoms with E-state index in [-0.39, 0.29) is 5.82 Å². The number of alkyl halides is 3. The van der Waals surface area contributed by atoms with Gasteiger partial charge in [-0.1, -0.05) is 30.3 Å². The molecule has 0 spiro atoms. The van der Waals surface area contributed by atoms with Gasteiger partial charge in [-0.3, -0.25) is 4.79 Å². The monoisotopic (exact) mass is 441 g/mol. The third-order valence-electron chi connectivity index (χ3n) is 4.61. The Kier molecular flexibility index (Phi) is 5.71. The molecule has 4 rings (SSSR count). The maximum atomic E-state index is 12.4. The first-order valence-electron chi connectivity index (χ1n) is 9.63. The number of carbonyl (C=O) groups is 1. The van der Waals surface area contributed by atoms with Crippen LogP contribution in [0.3, 0.4) is 0 Å². The second-order valence-electron chi connectivity index (χ2n) is 7.01. The fourth-order valence-electron chi connectivity index (χ4n) is 3.07. The number of H-pyrrole nitrogens is 1. The highest BCUT2D eigenvalue weighted by atomic mass is 19.4. The molecule has 8 nitrogen and oxygen atoms in total. The van der Waals surface area contributed by atoms with Crippen molar-refractivity contribution in [2.45, 2.75) is 19.1 Å². The molecule has 0 aliphatic carbocycles. The fraction of sp³-hybridized carbons (Fsp3) is 0.190. The molecule has 164 valence electrons. The smallest absolute Gasteiger partial charge is 0.358 e. The average molecular weight is 441 g/mol. The van der Waals surface area contributed by atoms with Crippen LogP contribution in [0.5, 0.6) is 0 Å². The summed E-state index contributed by atoms with van der Waals surface area (Å²) in [5.41, 5.74) is 2.64. The second kappa shape index (κ2) is 8.61. The Morgan fingerprint density at radius 1 is 1.19 bits per heavy atom. The van der Waals surface area contributed by atoms with E-state index in [0.29, 0.717) is 28.1 Å². The van der Waals surface area contributed by atoms with Crippen LogP contribution < -0.4 is 10.6 Å². The molecule has 0 bridgehead atoms. The number of carbonyl (C=O) groups excluding carboxylic acids is 1. The van der Waals surface area contributed by atoms with Crippen LogP contribution in [-0.4, -0.2) is 49.6 Å². The third-order valence-corrected chi connectivity index (χ3v) is 4.61. The molecule has 3 heterocycles. The highest BCUT2D eigenvalue weighted by Gasteiger charge is 2.28. The van der Waals surface area contributed by atoms with Gasteiger partial charge in [-0.05, 0) is 6.92 Å². The van der Waals surface area contributed by atoms with Crippen LogP contribution >= 0.6 is 0 Å². The van der Waals surface area contributed by atoms with Crippen LogP contribution in [0.4, 0.5) is 19.0 Å². The van der Waals surface area contributed by atoms with Gasteiger partial charge in [-0.2, -0.15) is 13.2 Å². The number of fused-ring (bicyclic) bond motifs is 1. The van der Waals surface area contributed by atoms with E-state index in [2.05, 4.69) is 30.2 Å². The zero-order valence-corrected chi connectivity index (χ0v) is 16.8. The molecule has 0 radical (unpaired) electrons. The summed E-state index contributed by atoms with van der Waals surface area (Å²) in [6, 6.07) is 10.00. The van der Waals surface area contributed by atoms with Crippen LogP contribution in [0.1, 0.15) is 6.92 Å². The van der Waals surface area contributed by atoms with E-state index in [1.807, 2.05) is 35.6 Å². The van der Waals surface area contributed by atoms with Crippen molar-refractivity contribution < 1.29 is 18.0 Å². The topological polar surface area (TPSA) is 108 Å². The number of hydrogen-bond donors (Lipinski definition) is 3. The lowest BCUT2D eigenvalue weighted by Gasteiger charge is -2.16. The number of benzene rings is 1. The molecule has 0 saturated carbocycles. The number of nitrogens with one attached hydrogen (secondary N) is 3. The van der Waals surface area contributed by atoms with Crippen molar-refractivity contribution in [1.29, 1.82) is 0 Å². The number of aromatic amines is 1. The Balaban J connectivity index is 1.69. The molecule has 32 heavy (non-hydrogen) atoms. The molecular formula is C21H18F3N7O. The summed E-state index contributed by atoms with van der Waals surface area (Å²) in [6.45, 7) is 0.0483. The minimum atomic E-state index is -4.49. The van der Waals surface area contributed by atoms with E-state index in [9.17, 15) is 18.0 Å². The van der Waals surface area contributed by atoms with Crippen molar-refractivity contribution in [2.24, 2.45) is 0 Å². The molecule has 1 aromatic carbocycles. The lowest BCUT2D eigenvalue weighted by Crippen LogP contribution is -2.42. The molecule has 1 atom stereocenters. The van der Waals surface area contributed by atoms with Crippen molar-refractivity contribution in [3.05, 3.63) is 55.1 Å². The number of anilines is 1. The van der Waals surface area contributed by atoms with Gasteiger partial charge >= 0.3 is 6.18 Å². The Hall–Kier alpha value is -4.02. The quantitative estimate of drug-likeness (QED) is 0.422. The van der Waals surface area contributed by atoms with Gasteiger partial charge < -0.3 is 15.6 Å². The van der Waals surface area contributed by atoms with Gasteiger partial charge in [0.2, 0.25) is 5.91 Å². The highest BCUT2D eigenvalue weighted by Crippen LogP contribution is 2.28. The standard InChI is InChI=1S/C21H18F3N7O/c1-12(20(32)27-10-21(22,23)24)29-17-7-16(13-5-3-2-4-6-13)30-19(31-17)15-9-26-18-14(15)8-25-11-28-18/h2-9,11-12H,10H2,1H3,(H,27,32)(H,25,26,28)(H,29,30,31)/t12-/m0/s1. The van der Waals surface area contributed by atoms with Gasteiger partial charge in [-0.15, -0.1) is 0 Å². The van der Waals surface area contributed by atoms with E-state index in [1.165, 1.54) is 13.3 Å². The number of rotatable bonds is 6. The molecular weight excluding hydrogens is 423 g/mol. The van der Waals surface area contributed by atoms with Gasteiger partial charge in [0.05, 0.1) is 5.69 Å². The predicted octanol–water partition coefficient (Wildman–Crippen LogP) is 3.56. The molecule has 0 aliphatic rings. The summed E-state index contributed by atoms with van der Waals surface area (Å²) in [4.78, 5) is 32.5. The Morgan fingerprint density at radius 2 is 1.97 bits per heavy atom. The minimum absolute atomic E-state index is 0.287. The summed E-state index contributed by atoms with van der Waals surface area (Å²) < 4.78 is 37.2. The van der Waals surface area contributed by atoms with Crippen molar-refractivity contribution >= 4 is 22.8 Å². The summed E-state index contributed by atoms with van der Waals surface area (Å²) in [5, 5.41) is 5.44. The largest absolute Gasteiger partial charge is 0.405 e. The van der Waals surface area contributed by atoms with E-state index < -0.39 is 24.7 Å². The average Bonchev–Trinajstić information content (AvgIpc) is 3.21. The summed E-state index contributed by atoms with van der Waals surface area (Å²) in [6.07, 6.45) is 0.257. The van der Waals surface area contributed by atoms with Crippen molar-refractivity contribution in [3.63, 3.8) is 0 Å². The first-order valence-corrected chi connectivity index (χ1v) is 9.63. The lowest BCUT2D eigenvalue weighted by molar-refractivity contribution is -0.138. The zero-order chi connectivity index (χ0) is 22.7. The molecule has 0 aliphatic heterocycles. The molecule has 3 N–H and O–H groups in total. The minimum Gasteiger partial charge on any atom is -0.358 e. The summed E-state index contributed by atoms with van der Waals surface area (Å²) >= 11 is 0. The first kappa shape index (κ1) is 21.2. The molecule has 0 unspecified atom stereocenters. The van der Waals surface area contributed by atoms with E-state index in [4.69, 9.17) is 0 Å². The van der Waals surface area contributed by atoms with Crippen LogP contribution in [-0.2, 0) is 4.79 Å². The SMILES string of the molecule is C[C@H](Nc1cc(-c2ccccc2)nc(-c2c[nH]c3ncncc23)n1)C(=O)NCC(F)(F)F. The second-order valence-corrected chi connectivity index (χ2v) is 7.01. The van der Waals surface area contributed by atoms with Crippen LogP contribution in [0.2, 0.25) is 0 Å². The van der Waals surface area contributed by atoms with Crippen LogP contribution in [0.25, 0.3) is 33.7 Å². The van der Waals surface area contributed by atoms with E-state index in [1.54, 1.807) is 18.5 Å². The van der Waals surface area contributed by atoms with Gasteiger partial charge in [0.15, 0.2) is 5.82 Å². The molecule has 11 heteroatoms. The number of amides is 1. The molecule has 4 aromatic rings. The van der Waals surface area contributed by atoms with Gasteiger partial charge in [-0.25, -0.2) is 19.9 Å².